The van der Waals surface area contributed by atoms with Crippen molar-refractivity contribution in [1.82, 2.24) is 0 Å². The summed E-state index contributed by atoms with van der Waals surface area (Å²) in [5, 5.41) is 18.5. The Labute approximate surface area is 136 Å². The molecule has 0 amide bonds. The summed E-state index contributed by atoms with van der Waals surface area (Å²) >= 11 is 0. The van der Waals surface area contributed by atoms with Gasteiger partial charge in [0.15, 0.2) is 0 Å². The third-order valence-corrected chi connectivity index (χ3v) is 3.30. The van der Waals surface area contributed by atoms with E-state index in [1.54, 1.807) is 0 Å². The maximum atomic E-state index is 9.76. The lowest BCUT2D eigenvalue weighted by atomic mass is 10.3. The maximum absolute atomic E-state index is 9.76. The molecule has 0 saturated carbocycles. The summed E-state index contributed by atoms with van der Waals surface area (Å²) in [6, 6.07) is 0. The zero-order chi connectivity index (χ0) is 16.3. The van der Waals surface area contributed by atoms with Crippen LogP contribution in [0.2, 0.25) is 0 Å². The lowest BCUT2D eigenvalue weighted by Gasteiger charge is -2.19. The van der Waals surface area contributed by atoms with Gasteiger partial charge in [-0.3, -0.25) is 0 Å². The fraction of sp³-hybridized carbons (Fsp3) is 1.00. The van der Waals surface area contributed by atoms with Crippen LogP contribution in [0, 0.1) is 0 Å². The van der Waals surface area contributed by atoms with E-state index >= 15 is 0 Å². The Morgan fingerprint density at radius 1 is 0.913 bits per heavy atom. The molecule has 2 saturated heterocycles. The molecule has 2 aliphatic heterocycles. The van der Waals surface area contributed by atoms with Crippen LogP contribution in [0.25, 0.3) is 0 Å². The molecule has 8 nitrogen and oxygen atoms in total. The van der Waals surface area contributed by atoms with E-state index in [0.29, 0.717) is 39.5 Å². The molecule has 2 aliphatic rings. The predicted molar refractivity (Wildman–Crippen MR) is 79.4 cm³/mol. The van der Waals surface area contributed by atoms with Gasteiger partial charge in [-0.2, -0.15) is 0 Å². The monoisotopic (exact) mass is 336 g/mol. The smallest absolute Gasteiger partial charge is 0.104 e. The molecule has 8 heteroatoms. The van der Waals surface area contributed by atoms with Crippen molar-refractivity contribution < 1.29 is 38.6 Å². The minimum absolute atomic E-state index is 0.107. The maximum Gasteiger partial charge on any atom is 0.104 e. The van der Waals surface area contributed by atoms with Crippen LogP contribution >= 0.6 is 0 Å². The molecule has 0 aliphatic carbocycles. The number of epoxide rings is 2. The zero-order valence-corrected chi connectivity index (χ0v) is 13.4. The molecular formula is C15H28O8. The van der Waals surface area contributed by atoms with E-state index in [-0.39, 0.29) is 38.1 Å². The van der Waals surface area contributed by atoms with Gasteiger partial charge in [0.1, 0.15) is 24.4 Å². The summed E-state index contributed by atoms with van der Waals surface area (Å²) in [6.07, 6.45) is 0.0858. The van der Waals surface area contributed by atoms with Gasteiger partial charge in [0.25, 0.3) is 0 Å². The molecule has 0 bridgehead atoms. The predicted octanol–water partition coefficient (Wildman–Crippen LogP) is -1.04. The van der Waals surface area contributed by atoms with Crippen molar-refractivity contribution in [2.75, 3.05) is 66.1 Å². The molecular weight excluding hydrogens is 308 g/mol. The number of hydrogen-bond donors (Lipinski definition) is 2. The number of rotatable bonds is 16. The number of ether oxygens (including phenoxy) is 6. The summed E-state index contributed by atoms with van der Waals surface area (Å²) in [7, 11) is 0. The SMILES string of the molecule is OCCCOCC(COCC(O)COCC1CO1)OCC1CO1. The van der Waals surface area contributed by atoms with Crippen molar-refractivity contribution in [3.8, 4) is 0 Å². The Kier molecular flexibility index (Phi) is 9.32. The number of aliphatic hydroxyl groups is 2. The first kappa shape index (κ1) is 19.0. The number of aliphatic hydroxyl groups excluding tert-OH is 2. The van der Waals surface area contributed by atoms with Gasteiger partial charge in [0, 0.05) is 13.2 Å². The van der Waals surface area contributed by atoms with Gasteiger partial charge in [-0.1, -0.05) is 0 Å². The van der Waals surface area contributed by atoms with Crippen LogP contribution in [0.3, 0.4) is 0 Å². The van der Waals surface area contributed by atoms with Crippen LogP contribution in [0.4, 0.5) is 0 Å². The molecule has 2 heterocycles. The molecule has 23 heavy (non-hydrogen) atoms. The molecule has 2 rings (SSSR count). The Bertz CT molecular complexity index is 295. The van der Waals surface area contributed by atoms with Crippen LogP contribution < -0.4 is 0 Å². The van der Waals surface area contributed by atoms with Crippen molar-refractivity contribution >= 4 is 0 Å². The molecule has 0 aromatic rings. The third kappa shape index (κ3) is 10.2. The summed E-state index contributed by atoms with van der Waals surface area (Å²) in [4.78, 5) is 0. The minimum atomic E-state index is -0.670. The molecule has 136 valence electrons. The van der Waals surface area contributed by atoms with E-state index < -0.39 is 6.10 Å². The molecule has 4 atom stereocenters. The second kappa shape index (κ2) is 11.3. The first-order chi connectivity index (χ1) is 11.3. The molecule has 4 unspecified atom stereocenters. The van der Waals surface area contributed by atoms with Gasteiger partial charge in [-0.05, 0) is 6.42 Å². The van der Waals surface area contributed by atoms with Gasteiger partial charge in [-0.25, -0.2) is 0 Å². The molecule has 0 spiro atoms. The average molecular weight is 336 g/mol. The topological polar surface area (TPSA) is 102 Å². The first-order valence-electron chi connectivity index (χ1n) is 8.15. The fourth-order valence-electron chi connectivity index (χ4n) is 1.82. The second-order valence-corrected chi connectivity index (χ2v) is 5.75. The summed E-state index contributed by atoms with van der Waals surface area (Å²) in [5.41, 5.74) is 0. The third-order valence-electron chi connectivity index (χ3n) is 3.30. The second-order valence-electron chi connectivity index (χ2n) is 5.75. The van der Waals surface area contributed by atoms with E-state index in [4.69, 9.17) is 33.5 Å². The quantitative estimate of drug-likeness (QED) is 0.272. The van der Waals surface area contributed by atoms with Crippen molar-refractivity contribution in [1.29, 1.82) is 0 Å². The Morgan fingerprint density at radius 3 is 2.26 bits per heavy atom. The average Bonchev–Trinajstić information content (AvgIpc) is 3.43. The molecule has 2 fully saturated rings. The van der Waals surface area contributed by atoms with E-state index in [1.807, 2.05) is 0 Å². The molecule has 0 aromatic heterocycles. The first-order valence-corrected chi connectivity index (χ1v) is 8.15. The Morgan fingerprint density at radius 2 is 1.57 bits per heavy atom. The van der Waals surface area contributed by atoms with Crippen molar-refractivity contribution in [2.24, 2.45) is 0 Å². The summed E-state index contributed by atoms with van der Waals surface area (Å²) in [5.74, 6) is 0. The lowest BCUT2D eigenvalue weighted by molar-refractivity contribution is -0.0833. The highest BCUT2D eigenvalue weighted by Crippen LogP contribution is 2.11. The van der Waals surface area contributed by atoms with Crippen LogP contribution in [-0.2, 0) is 28.4 Å². The van der Waals surface area contributed by atoms with E-state index in [2.05, 4.69) is 0 Å². The van der Waals surface area contributed by atoms with Crippen molar-refractivity contribution in [2.45, 2.75) is 30.8 Å². The van der Waals surface area contributed by atoms with Crippen molar-refractivity contribution in [3.63, 3.8) is 0 Å². The van der Waals surface area contributed by atoms with E-state index in [0.717, 1.165) is 13.2 Å². The van der Waals surface area contributed by atoms with Gasteiger partial charge < -0.3 is 38.6 Å². The van der Waals surface area contributed by atoms with Gasteiger partial charge >= 0.3 is 0 Å². The van der Waals surface area contributed by atoms with Gasteiger partial charge in [0.05, 0.1) is 52.9 Å². The molecule has 0 radical (unpaired) electrons. The van der Waals surface area contributed by atoms with Gasteiger partial charge in [0.2, 0.25) is 0 Å². The van der Waals surface area contributed by atoms with E-state index in [1.165, 1.54) is 0 Å². The van der Waals surface area contributed by atoms with E-state index in [9.17, 15) is 5.11 Å². The standard InChI is InChI=1S/C15H28O8/c16-2-1-3-18-6-13(21-10-15-11-23-15)7-19-4-12(17)5-20-8-14-9-22-14/h12-17H,1-11H2. The van der Waals surface area contributed by atoms with Crippen LogP contribution in [0.15, 0.2) is 0 Å². The zero-order valence-electron chi connectivity index (χ0n) is 13.4. The number of hydrogen-bond acceptors (Lipinski definition) is 8. The summed E-state index contributed by atoms with van der Waals surface area (Å²) in [6.45, 7) is 4.23. The molecule has 0 aromatic carbocycles. The molecule has 2 N–H and O–H groups in total. The normalized spacial score (nSPS) is 25.3. The minimum Gasteiger partial charge on any atom is -0.396 e. The van der Waals surface area contributed by atoms with Crippen molar-refractivity contribution in [3.05, 3.63) is 0 Å². The fourth-order valence-corrected chi connectivity index (χ4v) is 1.82. The van der Waals surface area contributed by atoms with Crippen LogP contribution in [-0.4, -0.2) is 101 Å². The Balaban J connectivity index is 1.50. The highest BCUT2D eigenvalue weighted by Gasteiger charge is 2.25. The largest absolute Gasteiger partial charge is 0.396 e. The highest BCUT2D eigenvalue weighted by atomic mass is 16.6. The van der Waals surface area contributed by atoms with Crippen LogP contribution in [0.1, 0.15) is 6.42 Å². The van der Waals surface area contributed by atoms with Gasteiger partial charge in [-0.15, -0.1) is 0 Å². The summed E-state index contributed by atoms with van der Waals surface area (Å²) < 4.78 is 32.0. The Hall–Kier alpha value is -0.320. The van der Waals surface area contributed by atoms with Crippen LogP contribution in [0.5, 0.6) is 0 Å². The highest BCUT2D eigenvalue weighted by molar-refractivity contribution is 4.70. The lowest BCUT2D eigenvalue weighted by Crippen LogP contribution is -2.30.